The zero-order valence-corrected chi connectivity index (χ0v) is 16.5. The second-order valence-electron chi connectivity index (χ2n) is 5.28. The van der Waals surface area contributed by atoms with Crippen LogP contribution in [0.15, 0.2) is 58.7 Å². The van der Waals surface area contributed by atoms with Crippen LogP contribution in [0.4, 0.5) is 0 Å². The molecule has 1 amide bonds. The first-order valence-electron chi connectivity index (χ1n) is 7.74. The Labute approximate surface area is 163 Å². The van der Waals surface area contributed by atoms with E-state index in [1.165, 1.54) is 6.08 Å². The first-order valence-corrected chi connectivity index (χ1v) is 8.53. The van der Waals surface area contributed by atoms with Crippen molar-refractivity contribution < 1.29 is 4.79 Å². The summed E-state index contributed by atoms with van der Waals surface area (Å²) in [5.74, 6) is -0.387. The smallest absolute Gasteiger partial charge is 0.262 e. The average Bonchev–Trinajstić information content (AvgIpc) is 2.60. The highest BCUT2D eigenvalue weighted by molar-refractivity contribution is 9.10. The van der Waals surface area contributed by atoms with Crippen LogP contribution in [0.3, 0.4) is 0 Å². The summed E-state index contributed by atoms with van der Waals surface area (Å²) in [5.41, 5.74) is 1.63. The van der Waals surface area contributed by atoms with E-state index in [2.05, 4.69) is 33.2 Å². The number of hydrogen-bond donors (Lipinski definition) is 1. The summed E-state index contributed by atoms with van der Waals surface area (Å²) >= 11 is 3.28. The summed E-state index contributed by atoms with van der Waals surface area (Å²) in [6.07, 6.45) is 3.23. The van der Waals surface area contributed by atoms with Crippen molar-refractivity contribution in [3.05, 3.63) is 70.0 Å². The van der Waals surface area contributed by atoms with Crippen LogP contribution in [0.5, 0.6) is 0 Å². The number of carbonyl (C=O) groups is 1. The highest BCUT2D eigenvalue weighted by Crippen LogP contribution is 2.19. The van der Waals surface area contributed by atoms with Crippen LogP contribution in [0.2, 0.25) is 0 Å². The fourth-order valence-corrected chi connectivity index (χ4v) is 2.69. The maximum Gasteiger partial charge on any atom is 0.262 e. The van der Waals surface area contributed by atoms with Gasteiger partial charge in [-0.05, 0) is 46.1 Å². The molecule has 0 unspecified atom stereocenters. The van der Waals surface area contributed by atoms with Gasteiger partial charge in [0, 0.05) is 0 Å². The molecule has 2 rings (SSSR count). The van der Waals surface area contributed by atoms with Gasteiger partial charge in [0.2, 0.25) is 0 Å². The normalized spacial score (nSPS) is 11.8. The number of rotatable bonds is 6. The van der Waals surface area contributed by atoms with E-state index in [1.54, 1.807) is 18.2 Å². The summed E-state index contributed by atoms with van der Waals surface area (Å²) in [6.45, 7) is 2.06. The second-order valence-corrected chi connectivity index (χ2v) is 6.09. The predicted molar refractivity (Wildman–Crippen MR) is 108 cm³/mol. The predicted octanol–water partition coefficient (Wildman–Crippen LogP) is 4.52. The molecule has 4 nitrogen and oxygen atoms in total. The number of amides is 1. The average molecular weight is 418 g/mol. The third kappa shape index (κ3) is 6.37. The minimum Gasteiger partial charge on any atom is -0.345 e. The lowest BCUT2D eigenvalue weighted by atomic mass is 10.0. The molecule has 1 aromatic heterocycles. The van der Waals surface area contributed by atoms with Crippen molar-refractivity contribution in [1.82, 2.24) is 10.3 Å². The van der Waals surface area contributed by atoms with Gasteiger partial charge in [-0.25, -0.2) is 4.98 Å². The first-order chi connectivity index (χ1) is 11.6. The van der Waals surface area contributed by atoms with Gasteiger partial charge in [0.25, 0.3) is 5.91 Å². The third-order valence-electron chi connectivity index (χ3n) is 3.48. The van der Waals surface area contributed by atoms with Crippen molar-refractivity contribution in [1.29, 1.82) is 5.26 Å². The van der Waals surface area contributed by atoms with Crippen LogP contribution in [0.25, 0.3) is 6.08 Å². The fourth-order valence-electron chi connectivity index (χ4n) is 2.33. The number of aromatic nitrogens is 1. The Balaban J connectivity index is 0.00000312. The number of benzene rings is 1. The van der Waals surface area contributed by atoms with Gasteiger partial charge in [0.15, 0.2) is 0 Å². The van der Waals surface area contributed by atoms with E-state index in [-0.39, 0.29) is 31.0 Å². The zero-order chi connectivity index (χ0) is 17.4. The van der Waals surface area contributed by atoms with E-state index in [1.807, 2.05) is 36.4 Å². The van der Waals surface area contributed by atoms with E-state index >= 15 is 0 Å². The number of carbonyl (C=O) groups excluding carboxylic acids is 1. The van der Waals surface area contributed by atoms with Crippen LogP contribution in [0, 0.1) is 11.3 Å². The monoisotopic (exact) mass is 417 g/mol. The molecule has 0 bridgehead atoms. The molecule has 0 aliphatic rings. The molecule has 25 heavy (non-hydrogen) atoms. The molecular weight excluding hydrogens is 398 g/mol. The Morgan fingerprint density at radius 1 is 1.28 bits per heavy atom. The Morgan fingerprint density at radius 2 is 2.00 bits per heavy atom. The molecular formula is C19H20BrN3OS. The van der Waals surface area contributed by atoms with Crippen molar-refractivity contribution in [2.75, 3.05) is 0 Å². The Kier molecular flexibility index (Phi) is 8.96. The molecule has 1 aromatic carbocycles. The van der Waals surface area contributed by atoms with Gasteiger partial charge in [0.1, 0.15) is 16.2 Å². The lowest BCUT2D eigenvalue weighted by Crippen LogP contribution is -2.29. The highest BCUT2D eigenvalue weighted by atomic mass is 79.9. The van der Waals surface area contributed by atoms with Crippen LogP contribution in [0.1, 0.15) is 37.1 Å². The molecule has 0 fully saturated rings. The molecule has 0 aliphatic carbocycles. The minimum atomic E-state index is -0.387. The van der Waals surface area contributed by atoms with E-state index in [0.29, 0.717) is 10.3 Å². The molecule has 6 heteroatoms. The Hall–Kier alpha value is -2.10. The number of nitrogens with zero attached hydrogens (tertiary/aromatic N) is 2. The second kappa shape index (κ2) is 10.7. The summed E-state index contributed by atoms with van der Waals surface area (Å²) in [4.78, 5) is 16.7. The van der Waals surface area contributed by atoms with Crippen molar-refractivity contribution in [2.24, 2.45) is 0 Å². The molecule has 1 heterocycles. The van der Waals surface area contributed by atoms with Gasteiger partial charge in [-0.2, -0.15) is 18.8 Å². The molecule has 0 saturated heterocycles. The van der Waals surface area contributed by atoms with Crippen LogP contribution >= 0.6 is 29.4 Å². The van der Waals surface area contributed by atoms with Crippen LogP contribution in [-0.2, 0) is 4.79 Å². The van der Waals surface area contributed by atoms with Gasteiger partial charge >= 0.3 is 0 Å². The van der Waals surface area contributed by atoms with Crippen molar-refractivity contribution in [3.63, 3.8) is 0 Å². The molecule has 1 N–H and O–H groups in total. The van der Waals surface area contributed by atoms with Gasteiger partial charge in [-0.3, -0.25) is 4.79 Å². The van der Waals surface area contributed by atoms with Crippen LogP contribution in [-0.4, -0.2) is 10.9 Å². The number of nitrogens with one attached hydrogen (secondary N) is 1. The van der Waals surface area contributed by atoms with Crippen molar-refractivity contribution in [3.8, 4) is 6.07 Å². The summed E-state index contributed by atoms with van der Waals surface area (Å²) in [6, 6.07) is 17.0. The van der Waals surface area contributed by atoms with Crippen LogP contribution < -0.4 is 5.32 Å². The molecule has 0 radical (unpaired) electrons. The zero-order valence-electron chi connectivity index (χ0n) is 13.9. The molecule has 0 saturated carbocycles. The lowest BCUT2D eigenvalue weighted by Gasteiger charge is -2.18. The standard InChI is InChI=1S/C19H18BrN3O.H2S/c1-2-7-17(14-8-4-3-5-9-14)23-19(24)15(13-21)12-16-10-6-11-18(20)22-16;/h3-6,8-12,17H,2,7H2,1H3,(H,23,24);1H2/b15-12+;/t17-;/m0./s1. The molecule has 2 aromatic rings. The number of nitriles is 1. The summed E-state index contributed by atoms with van der Waals surface area (Å²) in [5, 5.41) is 12.3. The largest absolute Gasteiger partial charge is 0.345 e. The molecule has 0 aliphatic heterocycles. The molecule has 1 atom stereocenters. The molecule has 130 valence electrons. The number of hydrogen-bond acceptors (Lipinski definition) is 3. The van der Waals surface area contributed by atoms with Gasteiger partial charge < -0.3 is 5.32 Å². The lowest BCUT2D eigenvalue weighted by molar-refractivity contribution is -0.117. The SMILES string of the molecule is CCC[C@H](NC(=O)/C(C#N)=C/c1cccc(Br)n1)c1ccccc1.S. The Morgan fingerprint density at radius 3 is 2.60 bits per heavy atom. The number of pyridine rings is 1. The van der Waals surface area contributed by atoms with Crippen molar-refractivity contribution in [2.45, 2.75) is 25.8 Å². The van der Waals surface area contributed by atoms with Gasteiger partial charge in [-0.15, -0.1) is 0 Å². The van der Waals surface area contributed by atoms with E-state index < -0.39 is 0 Å². The fraction of sp³-hybridized carbons (Fsp3) is 0.211. The van der Waals surface area contributed by atoms with Gasteiger partial charge in [0.05, 0.1) is 11.7 Å². The maximum absolute atomic E-state index is 12.5. The van der Waals surface area contributed by atoms with Gasteiger partial charge in [-0.1, -0.05) is 49.7 Å². The first kappa shape index (κ1) is 20.9. The minimum absolute atomic E-state index is 0. The van der Waals surface area contributed by atoms with Crippen molar-refractivity contribution >= 4 is 41.4 Å². The summed E-state index contributed by atoms with van der Waals surface area (Å²) in [7, 11) is 0. The van der Waals surface area contributed by atoms with E-state index in [9.17, 15) is 10.1 Å². The van der Waals surface area contributed by atoms with E-state index in [4.69, 9.17) is 0 Å². The maximum atomic E-state index is 12.5. The summed E-state index contributed by atoms with van der Waals surface area (Å²) < 4.78 is 0.655. The highest BCUT2D eigenvalue weighted by Gasteiger charge is 2.16. The topological polar surface area (TPSA) is 65.8 Å². The number of halogens is 1. The Bertz CT molecular complexity index is 772. The quantitative estimate of drug-likeness (QED) is 0.426. The van der Waals surface area contributed by atoms with E-state index in [0.717, 1.165) is 18.4 Å². The molecule has 0 spiro atoms. The third-order valence-corrected chi connectivity index (χ3v) is 3.92.